The van der Waals surface area contributed by atoms with Crippen molar-refractivity contribution in [2.45, 2.75) is 0 Å². The minimum absolute atomic E-state index is 0.106. The Bertz CT molecular complexity index is 259. The van der Waals surface area contributed by atoms with Crippen LogP contribution in [-0.4, -0.2) is 15.4 Å². The summed E-state index contributed by atoms with van der Waals surface area (Å²) in [6.07, 6.45) is 0. The van der Waals surface area contributed by atoms with Gasteiger partial charge in [0.15, 0.2) is 17.3 Å². The number of hydrogen-bond acceptors (Lipinski definition) is 9. The molecule has 0 aliphatic carbocycles. The Balaban J connectivity index is 3.21. The van der Waals surface area contributed by atoms with E-state index in [9.17, 15) is 0 Å². The highest BCUT2D eigenvalue weighted by Crippen LogP contribution is 2.26. The lowest BCUT2D eigenvalue weighted by atomic mass is 10.4. The van der Waals surface area contributed by atoms with Gasteiger partial charge in [0, 0.05) is 0 Å². The van der Waals surface area contributed by atoms with E-state index in [-0.39, 0.29) is 17.3 Å². The molecule has 0 radical (unpaired) electrons. The van der Waals surface area contributed by atoms with Crippen LogP contribution in [0.3, 0.4) is 0 Å². The van der Waals surface area contributed by atoms with Gasteiger partial charge >= 0.3 is 0 Å². The molecule has 0 amide bonds. The zero-order chi connectivity index (χ0) is 8.97. The van der Waals surface area contributed by atoms with Gasteiger partial charge in [0.2, 0.25) is 0 Å². The summed E-state index contributed by atoms with van der Waals surface area (Å²) in [6.45, 7) is 0. The smallest absolute Gasteiger partial charge is 0.196 e. The van der Waals surface area contributed by atoms with Crippen molar-refractivity contribution in [3.8, 4) is 0 Å². The first kappa shape index (κ1) is 8.23. The zero-order valence-corrected chi connectivity index (χ0v) is 5.94. The number of nitrogens with zero attached hydrogens (tertiary/aromatic N) is 4. The summed E-state index contributed by atoms with van der Waals surface area (Å²) in [5.41, 5.74) is 11.3. The highest BCUT2D eigenvalue weighted by atomic mass is 15.4. The Morgan fingerprint density at radius 2 is 1.67 bits per heavy atom. The summed E-state index contributed by atoms with van der Waals surface area (Å²) in [5, 5.41) is 13.4. The fourth-order valence-electron chi connectivity index (χ4n) is 0.619. The summed E-state index contributed by atoms with van der Waals surface area (Å²) in [6, 6.07) is 0. The number of nitrogen functional groups attached to an aromatic ring is 2. The molecule has 0 aromatic carbocycles. The molecular formula is C3H7N9. The Hall–Kier alpha value is -1.87. The van der Waals surface area contributed by atoms with Crippen molar-refractivity contribution in [2.75, 3.05) is 10.9 Å². The molecule has 0 fully saturated rings. The number of aromatic nitrogens is 3. The largest absolute Gasteiger partial charge is 0.305 e. The van der Waals surface area contributed by atoms with E-state index in [2.05, 4.69) is 31.4 Å². The molecule has 64 valence electrons. The normalized spacial score (nSPS) is 9.17. The van der Waals surface area contributed by atoms with Crippen molar-refractivity contribution in [1.82, 2.24) is 15.4 Å². The van der Waals surface area contributed by atoms with E-state index in [0.29, 0.717) is 0 Å². The lowest BCUT2D eigenvalue weighted by Crippen LogP contribution is -2.14. The van der Waals surface area contributed by atoms with E-state index in [1.807, 2.05) is 0 Å². The lowest BCUT2D eigenvalue weighted by molar-refractivity contribution is 0.860. The Labute approximate surface area is 67.0 Å². The molecule has 1 rings (SSSR count). The van der Waals surface area contributed by atoms with Crippen LogP contribution in [-0.2, 0) is 0 Å². The second-order valence-electron chi connectivity index (χ2n) is 1.74. The van der Waals surface area contributed by atoms with E-state index in [4.69, 9.17) is 17.2 Å². The van der Waals surface area contributed by atoms with Crippen molar-refractivity contribution in [3.63, 3.8) is 0 Å². The third-order valence-electron chi connectivity index (χ3n) is 1.12. The number of hydrazine groups is 2. The van der Waals surface area contributed by atoms with Gasteiger partial charge in [-0.1, -0.05) is 0 Å². The zero-order valence-electron chi connectivity index (χ0n) is 5.94. The van der Waals surface area contributed by atoms with Crippen molar-refractivity contribution >= 4 is 17.3 Å². The average molecular weight is 169 g/mol. The van der Waals surface area contributed by atoms with Gasteiger partial charge in [-0.3, -0.25) is 0 Å². The van der Waals surface area contributed by atoms with E-state index in [1.54, 1.807) is 0 Å². The standard InChI is InChI=1S/C3H7N9/c4-7-1-2(8-5)10-12-11-3(1)9-6/h4H,5-6H2,(H2,8,9,10,11). The first-order chi connectivity index (χ1) is 5.83. The molecular weight excluding hydrogens is 162 g/mol. The summed E-state index contributed by atoms with van der Waals surface area (Å²) in [5.74, 6) is 10.4. The third-order valence-corrected chi connectivity index (χ3v) is 1.12. The van der Waals surface area contributed by atoms with Crippen LogP contribution >= 0.6 is 0 Å². The van der Waals surface area contributed by atoms with E-state index >= 15 is 0 Å². The molecule has 12 heavy (non-hydrogen) atoms. The predicted octanol–water partition coefficient (Wildman–Crippen LogP) is -0.895. The topological polar surface area (TPSA) is 151 Å². The molecule has 0 atom stereocenters. The SMILES string of the molecule is N=Nc1c(NN)nnnc1NN. The highest BCUT2D eigenvalue weighted by molar-refractivity contribution is 5.71. The maximum absolute atomic E-state index is 6.76. The van der Waals surface area contributed by atoms with E-state index in [0.717, 1.165) is 0 Å². The van der Waals surface area contributed by atoms with Crippen LogP contribution in [0.1, 0.15) is 0 Å². The summed E-state index contributed by atoms with van der Waals surface area (Å²) in [4.78, 5) is 0. The maximum Gasteiger partial charge on any atom is 0.196 e. The van der Waals surface area contributed by atoms with Crippen molar-refractivity contribution in [3.05, 3.63) is 0 Å². The van der Waals surface area contributed by atoms with Gasteiger partial charge in [-0.25, -0.2) is 17.2 Å². The molecule has 9 nitrogen and oxygen atoms in total. The summed E-state index contributed by atoms with van der Waals surface area (Å²) in [7, 11) is 0. The Kier molecular flexibility index (Phi) is 2.40. The molecule has 0 aliphatic heterocycles. The molecule has 0 spiro atoms. The average Bonchev–Trinajstić information content (AvgIpc) is 2.16. The second kappa shape index (κ2) is 3.50. The number of anilines is 2. The maximum atomic E-state index is 6.76. The number of nitrogens with one attached hydrogen (secondary N) is 3. The van der Waals surface area contributed by atoms with Crippen LogP contribution in [0.2, 0.25) is 0 Å². The molecule has 1 aromatic heterocycles. The molecule has 0 saturated heterocycles. The minimum atomic E-state index is 0.106. The van der Waals surface area contributed by atoms with E-state index in [1.165, 1.54) is 0 Å². The molecule has 1 aromatic rings. The van der Waals surface area contributed by atoms with Gasteiger partial charge in [0.05, 0.1) is 0 Å². The van der Waals surface area contributed by atoms with Gasteiger partial charge in [0.25, 0.3) is 0 Å². The lowest BCUT2D eigenvalue weighted by Gasteiger charge is -2.03. The van der Waals surface area contributed by atoms with Crippen LogP contribution in [0, 0.1) is 5.53 Å². The van der Waals surface area contributed by atoms with Gasteiger partial charge in [-0.15, -0.1) is 10.2 Å². The minimum Gasteiger partial charge on any atom is -0.305 e. The summed E-state index contributed by atoms with van der Waals surface area (Å²) < 4.78 is 0. The molecule has 0 saturated carbocycles. The molecule has 1 heterocycles. The monoisotopic (exact) mass is 169 g/mol. The van der Waals surface area contributed by atoms with Gasteiger partial charge in [-0.2, -0.15) is 5.11 Å². The number of hydrogen-bond donors (Lipinski definition) is 5. The van der Waals surface area contributed by atoms with Crippen molar-refractivity contribution in [1.29, 1.82) is 5.53 Å². The highest BCUT2D eigenvalue weighted by Gasteiger charge is 2.09. The van der Waals surface area contributed by atoms with Crippen LogP contribution in [0.4, 0.5) is 17.3 Å². The van der Waals surface area contributed by atoms with Gasteiger partial charge in [-0.05, 0) is 5.21 Å². The Morgan fingerprint density at radius 3 is 2.00 bits per heavy atom. The third kappa shape index (κ3) is 1.26. The van der Waals surface area contributed by atoms with Gasteiger partial charge < -0.3 is 10.9 Å². The molecule has 0 bridgehead atoms. The fourth-order valence-corrected chi connectivity index (χ4v) is 0.619. The quantitative estimate of drug-likeness (QED) is 0.223. The second-order valence-corrected chi connectivity index (χ2v) is 1.74. The first-order valence-corrected chi connectivity index (χ1v) is 2.87. The fraction of sp³-hybridized carbons (Fsp3) is 0. The predicted molar refractivity (Wildman–Crippen MR) is 40.3 cm³/mol. The Morgan fingerprint density at radius 1 is 1.17 bits per heavy atom. The van der Waals surface area contributed by atoms with Crippen molar-refractivity contribution < 1.29 is 0 Å². The summed E-state index contributed by atoms with van der Waals surface area (Å²) >= 11 is 0. The van der Waals surface area contributed by atoms with Crippen molar-refractivity contribution in [2.24, 2.45) is 16.8 Å². The number of nitrogens with two attached hydrogens (primary N) is 2. The molecule has 0 unspecified atom stereocenters. The molecule has 0 aliphatic rings. The molecule has 7 N–H and O–H groups in total. The van der Waals surface area contributed by atoms with Crippen LogP contribution < -0.4 is 22.5 Å². The number of rotatable bonds is 3. The first-order valence-electron chi connectivity index (χ1n) is 2.87. The van der Waals surface area contributed by atoms with Crippen LogP contribution in [0.25, 0.3) is 0 Å². The van der Waals surface area contributed by atoms with Crippen LogP contribution in [0.5, 0.6) is 0 Å². The van der Waals surface area contributed by atoms with Gasteiger partial charge in [0.1, 0.15) is 0 Å². The molecule has 9 heteroatoms. The van der Waals surface area contributed by atoms with Crippen LogP contribution in [0.15, 0.2) is 5.11 Å². The van der Waals surface area contributed by atoms with E-state index < -0.39 is 0 Å².